The molecule has 0 amide bonds. The lowest BCUT2D eigenvalue weighted by atomic mass is 10.3. The average Bonchev–Trinajstić information content (AvgIpc) is 1.85. The standard InChI is InChI=1S/C6H10N5/c1-2-3-4-9-5(7)11-6(8)10-4/h1-3H2,(H4,7,8,9,10,11). The number of nitrogen functional groups attached to an aromatic ring is 2. The molecule has 1 aromatic rings. The highest BCUT2D eigenvalue weighted by molar-refractivity contribution is 5.25. The first-order valence-corrected chi connectivity index (χ1v) is 3.27. The topological polar surface area (TPSA) is 90.7 Å². The van der Waals surface area contributed by atoms with Gasteiger partial charge in [0.25, 0.3) is 0 Å². The third-order valence-electron chi connectivity index (χ3n) is 1.12. The minimum absolute atomic E-state index is 0.168. The Morgan fingerprint density at radius 3 is 2.09 bits per heavy atom. The molecular weight excluding hydrogens is 142 g/mol. The predicted octanol–water partition coefficient (Wildman–Crippen LogP) is -0.197. The van der Waals surface area contributed by atoms with Crippen LogP contribution >= 0.6 is 0 Å². The Morgan fingerprint density at radius 2 is 1.64 bits per heavy atom. The zero-order valence-electron chi connectivity index (χ0n) is 6.12. The normalized spacial score (nSPS) is 9.91. The number of hydrogen-bond acceptors (Lipinski definition) is 5. The van der Waals surface area contributed by atoms with Crippen LogP contribution in [0.5, 0.6) is 0 Å². The average molecular weight is 152 g/mol. The maximum Gasteiger partial charge on any atom is 0.225 e. The van der Waals surface area contributed by atoms with E-state index < -0.39 is 0 Å². The summed E-state index contributed by atoms with van der Waals surface area (Å²) in [6, 6.07) is 0. The molecule has 0 aliphatic heterocycles. The molecule has 5 heteroatoms. The van der Waals surface area contributed by atoms with Gasteiger partial charge < -0.3 is 11.5 Å². The summed E-state index contributed by atoms with van der Waals surface area (Å²) < 4.78 is 0. The van der Waals surface area contributed by atoms with Crippen molar-refractivity contribution < 1.29 is 0 Å². The van der Waals surface area contributed by atoms with Crippen molar-refractivity contribution in [3.05, 3.63) is 12.7 Å². The number of anilines is 2. The third kappa shape index (κ3) is 2.03. The number of hydrogen-bond donors (Lipinski definition) is 2. The molecule has 1 heterocycles. The highest BCUT2D eigenvalue weighted by atomic mass is 15.1. The molecule has 5 nitrogen and oxygen atoms in total. The van der Waals surface area contributed by atoms with Gasteiger partial charge in [-0.15, -0.1) is 0 Å². The van der Waals surface area contributed by atoms with Gasteiger partial charge in [-0.3, -0.25) is 0 Å². The Kier molecular flexibility index (Phi) is 2.20. The first-order valence-electron chi connectivity index (χ1n) is 3.27. The van der Waals surface area contributed by atoms with Crippen LogP contribution in [-0.4, -0.2) is 15.0 Å². The van der Waals surface area contributed by atoms with E-state index in [1.54, 1.807) is 0 Å². The second-order valence-electron chi connectivity index (χ2n) is 2.07. The molecule has 0 atom stereocenters. The quantitative estimate of drug-likeness (QED) is 0.612. The molecule has 1 rings (SSSR count). The largest absolute Gasteiger partial charge is 0.368 e. The summed E-state index contributed by atoms with van der Waals surface area (Å²) in [5.74, 6) is 0.937. The van der Waals surface area contributed by atoms with E-state index in [0.29, 0.717) is 12.2 Å². The van der Waals surface area contributed by atoms with E-state index in [-0.39, 0.29) is 11.9 Å². The van der Waals surface area contributed by atoms with Gasteiger partial charge in [-0.2, -0.15) is 15.0 Å². The summed E-state index contributed by atoms with van der Waals surface area (Å²) in [5.41, 5.74) is 10.7. The molecule has 59 valence electrons. The van der Waals surface area contributed by atoms with Crippen LogP contribution in [0.15, 0.2) is 0 Å². The van der Waals surface area contributed by atoms with E-state index in [1.165, 1.54) is 0 Å². The molecule has 0 bridgehead atoms. The molecule has 1 radical (unpaired) electrons. The number of aryl methyl sites for hydroxylation is 1. The maximum absolute atomic E-state index is 5.33. The van der Waals surface area contributed by atoms with Crippen LogP contribution in [-0.2, 0) is 6.42 Å². The van der Waals surface area contributed by atoms with E-state index >= 15 is 0 Å². The fourth-order valence-electron chi connectivity index (χ4n) is 0.727. The van der Waals surface area contributed by atoms with E-state index in [2.05, 4.69) is 21.9 Å². The SMILES string of the molecule is [CH2]CCc1nc(N)nc(N)n1. The summed E-state index contributed by atoms with van der Waals surface area (Å²) in [4.78, 5) is 11.3. The minimum Gasteiger partial charge on any atom is -0.368 e. The van der Waals surface area contributed by atoms with Gasteiger partial charge in [0.2, 0.25) is 11.9 Å². The Balaban J connectivity index is 2.89. The van der Waals surface area contributed by atoms with E-state index in [1.807, 2.05) is 0 Å². The van der Waals surface area contributed by atoms with E-state index in [0.717, 1.165) is 6.42 Å². The molecule has 0 unspecified atom stereocenters. The Morgan fingerprint density at radius 1 is 1.09 bits per heavy atom. The van der Waals surface area contributed by atoms with Gasteiger partial charge in [-0.1, -0.05) is 6.92 Å². The van der Waals surface area contributed by atoms with Gasteiger partial charge >= 0.3 is 0 Å². The Bertz CT molecular complexity index is 226. The predicted molar refractivity (Wildman–Crippen MR) is 42.3 cm³/mol. The molecule has 11 heavy (non-hydrogen) atoms. The fraction of sp³-hybridized carbons (Fsp3) is 0.333. The molecule has 0 aromatic carbocycles. The van der Waals surface area contributed by atoms with Crippen molar-refractivity contribution in [1.29, 1.82) is 0 Å². The molecule has 0 saturated carbocycles. The highest BCUT2D eigenvalue weighted by Gasteiger charge is 1.98. The molecule has 1 aromatic heterocycles. The monoisotopic (exact) mass is 152 g/mol. The summed E-state index contributed by atoms with van der Waals surface area (Å²) in [6.07, 6.45) is 1.40. The zero-order chi connectivity index (χ0) is 8.27. The molecule has 4 N–H and O–H groups in total. The molecule has 0 saturated heterocycles. The van der Waals surface area contributed by atoms with Crippen molar-refractivity contribution in [1.82, 2.24) is 15.0 Å². The second kappa shape index (κ2) is 3.14. The van der Waals surface area contributed by atoms with Crippen LogP contribution in [0.2, 0.25) is 0 Å². The van der Waals surface area contributed by atoms with Gasteiger partial charge in [0.15, 0.2) is 0 Å². The first-order chi connectivity index (χ1) is 5.22. The molecular formula is C6H10N5. The van der Waals surface area contributed by atoms with Crippen molar-refractivity contribution in [2.45, 2.75) is 12.8 Å². The van der Waals surface area contributed by atoms with E-state index in [9.17, 15) is 0 Å². The fourth-order valence-corrected chi connectivity index (χ4v) is 0.727. The van der Waals surface area contributed by atoms with Crippen LogP contribution in [0.1, 0.15) is 12.2 Å². The number of rotatable bonds is 2. The number of nitrogens with two attached hydrogens (primary N) is 2. The number of nitrogens with zero attached hydrogens (tertiary/aromatic N) is 3. The smallest absolute Gasteiger partial charge is 0.225 e. The lowest BCUT2D eigenvalue weighted by Crippen LogP contribution is -2.06. The van der Waals surface area contributed by atoms with Gasteiger partial charge in [-0.05, 0) is 6.42 Å². The van der Waals surface area contributed by atoms with Gasteiger partial charge in [0, 0.05) is 6.42 Å². The minimum atomic E-state index is 0.168. The van der Waals surface area contributed by atoms with Gasteiger partial charge in [0.05, 0.1) is 0 Å². The maximum atomic E-state index is 5.33. The van der Waals surface area contributed by atoms with Crippen molar-refractivity contribution in [2.75, 3.05) is 11.5 Å². The second-order valence-corrected chi connectivity index (χ2v) is 2.07. The highest BCUT2D eigenvalue weighted by Crippen LogP contribution is 2.00. The van der Waals surface area contributed by atoms with Crippen LogP contribution in [0.25, 0.3) is 0 Å². The summed E-state index contributed by atoms with van der Waals surface area (Å²) in [5, 5.41) is 0. The Labute approximate surface area is 64.9 Å². The van der Waals surface area contributed by atoms with Gasteiger partial charge in [-0.25, -0.2) is 0 Å². The van der Waals surface area contributed by atoms with Crippen molar-refractivity contribution in [2.24, 2.45) is 0 Å². The summed E-state index contributed by atoms with van der Waals surface area (Å²) in [7, 11) is 0. The van der Waals surface area contributed by atoms with Gasteiger partial charge in [0.1, 0.15) is 5.82 Å². The first kappa shape index (κ1) is 7.71. The molecule has 0 aliphatic carbocycles. The van der Waals surface area contributed by atoms with Crippen LogP contribution in [0, 0.1) is 6.92 Å². The summed E-state index contributed by atoms with van der Waals surface area (Å²) in [6.45, 7) is 3.66. The van der Waals surface area contributed by atoms with Crippen LogP contribution in [0.3, 0.4) is 0 Å². The van der Waals surface area contributed by atoms with Crippen molar-refractivity contribution in [3.63, 3.8) is 0 Å². The lowest BCUT2D eigenvalue weighted by molar-refractivity contribution is 0.864. The number of aromatic nitrogens is 3. The van der Waals surface area contributed by atoms with Crippen molar-refractivity contribution >= 4 is 11.9 Å². The third-order valence-corrected chi connectivity index (χ3v) is 1.12. The van der Waals surface area contributed by atoms with Crippen molar-refractivity contribution in [3.8, 4) is 0 Å². The van der Waals surface area contributed by atoms with Crippen LogP contribution in [0.4, 0.5) is 11.9 Å². The molecule has 0 fully saturated rings. The molecule has 0 spiro atoms. The summed E-state index contributed by atoms with van der Waals surface area (Å²) >= 11 is 0. The Hall–Kier alpha value is -1.39. The lowest BCUT2D eigenvalue weighted by Gasteiger charge is -1.98. The zero-order valence-corrected chi connectivity index (χ0v) is 6.12. The molecule has 0 aliphatic rings. The van der Waals surface area contributed by atoms with E-state index in [4.69, 9.17) is 11.5 Å². The van der Waals surface area contributed by atoms with Crippen LogP contribution < -0.4 is 11.5 Å².